The highest BCUT2D eigenvalue weighted by atomic mass is 16.5. The molecule has 1 atom stereocenters. The molecular weight excluding hydrogens is 318 g/mol. The summed E-state index contributed by atoms with van der Waals surface area (Å²) in [5.41, 5.74) is 2.28. The van der Waals surface area contributed by atoms with Gasteiger partial charge in [0.15, 0.2) is 0 Å². The van der Waals surface area contributed by atoms with Gasteiger partial charge in [0.25, 0.3) is 5.95 Å². The van der Waals surface area contributed by atoms with Crippen LogP contribution in [-0.2, 0) is 17.7 Å². The average molecular weight is 337 g/mol. The SMILES string of the molecule is CCOC(=O)Nc1nc2n(n1)CC(c1ccc3ncccc3c1)CC2. The molecule has 4 rings (SSSR count). The number of benzene rings is 1. The minimum atomic E-state index is -0.524. The van der Waals surface area contributed by atoms with Gasteiger partial charge in [0.1, 0.15) is 5.82 Å². The predicted molar refractivity (Wildman–Crippen MR) is 93.5 cm³/mol. The molecule has 1 aromatic carbocycles. The topological polar surface area (TPSA) is 81.9 Å². The largest absolute Gasteiger partial charge is 0.450 e. The monoisotopic (exact) mass is 337 g/mol. The Bertz CT molecular complexity index is 921. The van der Waals surface area contributed by atoms with Gasteiger partial charge in [-0.3, -0.25) is 10.3 Å². The highest BCUT2D eigenvalue weighted by Crippen LogP contribution is 2.30. The van der Waals surface area contributed by atoms with Gasteiger partial charge in [0.2, 0.25) is 0 Å². The van der Waals surface area contributed by atoms with E-state index in [1.54, 1.807) is 6.92 Å². The van der Waals surface area contributed by atoms with Gasteiger partial charge in [-0.1, -0.05) is 12.1 Å². The Labute approximate surface area is 145 Å². The van der Waals surface area contributed by atoms with E-state index in [1.807, 2.05) is 16.9 Å². The summed E-state index contributed by atoms with van der Waals surface area (Å²) in [5, 5.41) is 8.11. The summed E-state index contributed by atoms with van der Waals surface area (Å²) in [5.74, 6) is 1.57. The van der Waals surface area contributed by atoms with Crippen LogP contribution in [0.4, 0.5) is 10.7 Å². The lowest BCUT2D eigenvalue weighted by atomic mass is 9.91. The smallest absolute Gasteiger partial charge is 0.414 e. The number of anilines is 1. The van der Waals surface area contributed by atoms with Gasteiger partial charge in [0, 0.05) is 30.5 Å². The molecule has 128 valence electrons. The number of amides is 1. The van der Waals surface area contributed by atoms with E-state index in [2.05, 4.69) is 44.6 Å². The third kappa shape index (κ3) is 3.17. The van der Waals surface area contributed by atoms with Crippen molar-refractivity contribution in [3.8, 4) is 0 Å². The van der Waals surface area contributed by atoms with Gasteiger partial charge in [0.05, 0.1) is 12.1 Å². The lowest BCUT2D eigenvalue weighted by Gasteiger charge is -2.23. The van der Waals surface area contributed by atoms with E-state index in [0.717, 1.165) is 36.1 Å². The van der Waals surface area contributed by atoms with Crippen molar-refractivity contribution in [2.24, 2.45) is 0 Å². The van der Waals surface area contributed by atoms with Crippen LogP contribution >= 0.6 is 0 Å². The van der Waals surface area contributed by atoms with E-state index >= 15 is 0 Å². The number of hydrogen-bond acceptors (Lipinski definition) is 5. The third-order valence-corrected chi connectivity index (χ3v) is 4.45. The second-order valence-electron chi connectivity index (χ2n) is 6.07. The van der Waals surface area contributed by atoms with Crippen molar-refractivity contribution in [3.05, 3.63) is 47.9 Å². The molecule has 0 fully saturated rings. The fourth-order valence-electron chi connectivity index (χ4n) is 3.24. The fourth-order valence-corrected chi connectivity index (χ4v) is 3.24. The van der Waals surface area contributed by atoms with Crippen LogP contribution in [0.25, 0.3) is 10.9 Å². The zero-order chi connectivity index (χ0) is 17.2. The normalized spacial score (nSPS) is 16.4. The summed E-state index contributed by atoms with van der Waals surface area (Å²) < 4.78 is 6.74. The molecule has 25 heavy (non-hydrogen) atoms. The first-order valence-electron chi connectivity index (χ1n) is 8.45. The maximum Gasteiger partial charge on any atom is 0.414 e. The van der Waals surface area contributed by atoms with E-state index in [0.29, 0.717) is 18.5 Å². The fraction of sp³-hybridized carbons (Fsp3) is 0.333. The molecule has 3 heterocycles. The number of nitrogens with zero attached hydrogens (tertiary/aromatic N) is 4. The Morgan fingerprint density at radius 3 is 3.20 bits per heavy atom. The predicted octanol–water partition coefficient (Wildman–Crippen LogP) is 3.12. The van der Waals surface area contributed by atoms with Gasteiger partial charge < -0.3 is 4.74 Å². The number of pyridine rings is 1. The van der Waals surface area contributed by atoms with Crippen LogP contribution in [0, 0.1) is 0 Å². The number of carbonyl (C=O) groups excluding carboxylic acids is 1. The maximum absolute atomic E-state index is 11.5. The molecule has 1 unspecified atom stereocenters. The molecule has 0 saturated heterocycles. The van der Waals surface area contributed by atoms with Crippen LogP contribution < -0.4 is 5.32 Å². The van der Waals surface area contributed by atoms with Crippen LogP contribution in [0.3, 0.4) is 0 Å². The zero-order valence-corrected chi connectivity index (χ0v) is 14.0. The summed E-state index contributed by atoms with van der Waals surface area (Å²) in [6.07, 6.45) is 3.11. The standard InChI is InChI=1S/C18H19N5O2/c1-2-25-18(24)21-17-20-16-8-6-14(11-23(16)22-17)12-5-7-15-13(10-12)4-3-9-19-15/h3-5,7,9-10,14H,2,6,8,11H2,1H3,(H,21,22,24). The second kappa shape index (κ2) is 6.51. The molecule has 1 aliphatic rings. The molecule has 1 amide bonds. The number of fused-ring (bicyclic) bond motifs is 2. The van der Waals surface area contributed by atoms with Gasteiger partial charge in [-0.25, -0.2) is 9.48 Å². The number of aryl methyl sites for hydroxylation is 1. The average Bonchev–Trinajstić information content (AvgIpc) is 3.02. The second-order valence-corrected chi connectivity index (χ2v) is 6.07. The quantitative estimate of drug-likeness (QED) is 0.794. The number of carbonyl (C=O) groups is 1. The molecular formula is C18H19N5O2. The van der Waals surface area contributed by atoms with Crippen LogP contribution in [0.15, 0.2) is 36.5 Å². The van der Waals surface area contributed by atoms with Crippen molar-refractivity contribution in [2.45, 2.75) is 32.2 Å². The van der Waals surface area contributed by atoms with Gasteiger partial charge >= 0.3 is 6.09 Å². The molecule has 0 aliphatic carbocycles. The number of rotatable bonds is 3. The first kappa shape index (κ1) is 15.6. The molecule has 3 aromatic rings. The van der Waals surface area contributed by atoms with E-state index in [4.69, 9.17) is 4.74 Å². The zero-order valence-electron chi connectivity index (χ0n) is 14.0. The van der Waals surface area contributed by atoms with Crippen LogP contribution in [-0.4, -0.2) is 32.4 Å². The minimum Gasteiger partial charge on any atom is -0.450 e. The van der Waals surface area contributed by atoms with Crippen LogP contribution in [0.5, 0.6) is 0 Å². The number of aromatic nitrogens is 4. The first-order chi connectivity index (χ1) is 12.2. The summed E-state index contributed by atoms with van der Waals surface area (Å²) in [6.45, 7) is 2.83. The molecule has 7 nitrogen and oxygen atoms in total. The van der Waals surface area contributed by atoms with E-state index in [-0.39, 0.29) is 0 Å². The van der Waals surface area contributed by atoms with E-state index in [1.165, 1.54) is 5.56 Å². The summed E-state index contributed by atoms with van der Waals surface area (Å²) >= 11 is 0. The van der Waals surface area contributed by atoms with Crippen molar-refractivity contribution in [1.29, 1.82) is 0 Å². The number of ether oxygens (including phenoxy) is 1. The van der Waals surface area contributed by atoms with Gasteiger partial charge in [-0.2, -0.15) is 4.98 Å². The van der Waals surface area contributed by atoms with Gasteiger partial charge in [-0.15, -0.1) is 5.10 Å². The van der Waals surface area contributed by atoms with E-state index < -0.39 is 6.09 Å². The highest BCUT2D eigenvalue weighted by Gasteiger charge is 2.23. The maximum atomic E-state index is 11.5. The third-order valence-electron chi connectivity index (χ3n) is 4.45. The van der Waals surface area contributed by atoms with E-state index in [9.17, 15) is 4.79 Å². The molecule has 0 bridgehead atoms. The Hall–Kier alpha value is -2.96. The van der Waals surface area contributed by atoms with Crippen molar-refractivity contribution >= 4 is 22.9 Å². The molecule has 1 aliphatic heterocycles. The van der Waals surface area contributed by atoms with Crippen molar-refractivity contribution in [3.63, 3.8) is 0 Å². The van der Waals surface area contributed by atoms with Crippen LogP contribution in [0.2, 0.25) is 0 Å². The molecule has 7 heteroatoms. The molecule has 0 spiro atoms. The Morgan fingerprint density at radius 2 is 2.32 bits per heavy atom. The number of nitrogens with one attached hydrogen (secondary N) is 1. The molecule has 1 N–H and O–H groups in total. The Balaban J connectivity index is 1.53. The Morgan fingerprint density at radius 1 is 1.40 bits per heavy atom. The van der Waals surface area contributed by atoms with Crippen molar-refractivity contribution in [1.82, 2.24) is 19.7 Å². The molecule has 0 saturated carbocycles. The van der Waals surface area contributed by atoms with Crippen LogP contribution in [0.1, 0.15) is 30.7 Å². The Kier molecular flexibility index (Phi) is 4.05. The molecule has 2 aromatic heterocycles. The minimum absolute atomic E-state index is 0.303. The lowest BCUT2D eigenvalue weighted by molar-refractivity contribution is 0.167. The molecule has 0 radical (unpaired) electrons. The van der Waals surface area contributed by atoms with Crippen molar-refractivity contribution in [2.75, 3.05) is 11.9 Å². The lowest BCUT2D eigenvalue weighted by Crippen LogP contribution is -2.20. The highest BCUT2D eigenvalue weighted by molar-refractivity contribution is 5.82. The summed E-state index contributed by atoms with van der Waals surface area (Å²) in [4.78, 5) is 20.3. The summed E-state index contributed by atoms with van der Waals surface area (Å²) in [7, 11) is 0. The summed E-state index contributed by atoms with van der Waals surface area (Å²) in [6, 6.07) is 10.4. The van der Waals surface area contributed by atoms with Gasteiger partial charge in [-0.05, 0) is 37.1 Å². The van der Waals surface area contributed by atoms with Crippen molar-refractivity contribution < 1.29 is 9.53 Å². The first-order valence-corrected chi connectivity index (χ1v) is 8.45. The number of hydrogen-bond donors (Lipinski definition) is 1.